The van der Waals surface area contributed by atoms with Crippen molar-refractivity contribution in [3.63, 3.8) is 0 Å². The highest BCUT2D eigenvalue weighted by Gasteiger charge is 2.39. The van der Waals surface area contributed by atoms with Crippen LogP contribution in [0.4, 0.5) is 17.1 Å². The number of hydrogen-bond donors (Lipinski definition) is 1. The number of nitrogens with one attached hydrogen (secondary N) is 1. The van der Waals surface area contributed by atoms with E-state index in [4.69, 9.17) is 11.6 Å². The highest BCUT2D eigenvalue weighted by Crippen LogP contribution is 2.33. The zero-order valence-electron chi connectivity index (χ0n) is 17.8. The number of amides is 2. The molecule has 0 spiro atoms. The Morgan fingerprint density at radius 2 is 1.76 bits per heavy atom. The van der Waals surface area contributed by atoms with Crippen molar-refractivity contribution in [1.29, 1.82) is 0 Å². The highest BCUT2D eigenvalue weighted by atomic mass is 35.5. The first-order valence-electron chi connectivity index (χ1n) is 10.3. The summed E-state index contributed by atoms with van der Waals surface area (Å²) in [5, 5.41) is 13.6. The van der Waals surface area contributed by atoms with Crippen molar-refractivity contribution in [2.45, 2.75) is 18.2 Å². The molecule has 1 saturated heterocycles. The summed E-state index contributed by atoms with van der Waals surface area (Å²) in [6.45, 7) is 0.327. The van der Waals surface area contributed by atoms with Crippen LogP contribution in [0.15, 0.2) is 83.9 Å². The Hall–Kier alpha value is -3.69. The number of hydrogen-bond acceptors (Lipinski definition) is 6. The number of benzene rings is 3. The number of thioether (sulfide) groups is 1. The van der Waals surface area contributed by atoms with Crippen LogP contribution in [0.3, 0.4) is 0 Å². The van der Waals surface area contributed by atoms with Gasteiger partial charge in [-0.05, 0) is 23.8 Å². The van der Waals surface area contributed by atoms with Crippen LogP contribution >= 0.6 is 23.4 Å². The molecule has 1 atom stereocenters. The largest absolute Gasteiger partial charge is 0.325 e. The zero-order valence-corrected chi connectivity index (χ0v) is 19.3. The first kappa shape index (κ1) is 23.5. The van der Waals surface area contributed by atoms with Crippen LogP contribution in [0.25, 0.3) is 0 Å². The Morgan fingerprint density at radius 3 is 2.44 bits per heavy atom. The smallest absolute Gasteiger partial charge is 0.271 e. The van der Waals surface area contributed by atoms with E-state index in [0.29, 0.717) is 17.4 Å². The summed E-state index contributed by atoms with van der Waals surface area (Å²) in [7, 11) is 0. The van der Waals surface area contributed by atoms with Crippen molar-refractivity contribution in [2.75, 3.05) is 5.32 Å². The van der Waals surface area contributed by atoms with Gasteiger partial charge < -0.3 is 5.32 Å². The van der Waals surface area contributed by atoms with Gasteiger partial charge in [0.2, 0.25) is 11.8 Å². The molecule has 172 valence electrons. The molecule has 1 N–H and O–H groups in total. The maximum atomic E-state index is 13.2. The summed E-state index contributed by atoms with van der Waals surface area (Å²) in [5.41, 5.74) is 1.56. The fourth-order valence-electron chi connectivity index (χ4n) is 3.34. The van der Waals surface area contributed by atoms with Gasteiger partial charge in [-0.2, -0.15) is 0 Å². The van der Waals surface area contributed by atoms with Crippen LogP contribution in [0, 0.1) is 10.1 Å². The standard InChI is InChI=1S/C24H19ClN4O4S/c25-19-12-11-18(29(32)33)13-20(19)27-22(30)14-21-23(31)28(15-16-7-3-1-4-8-16)24(34-21)26-17-9-5-2-6-10-17/h1-13,21H,14-15H2,(H,27,30)/t21-/m0/s1. The molecule has 1 fully saturated rings. The molecule has 0 saturated carbocycles. The van der Waals surface area contributed by atoms with Crippen molar-refractivity contribution < 1.29 is 14.5 Å². The molecule has 8 nitrogen and oxygen atoms in total. The van der Waals surface area contributed by atoms with E-state index in [2.05, 4.69) is 10.3 Å². The van der Waals surface area contributed by atoms with Crippen molar-refractivity contribution in [1.82, 2.24) is 4.90 Å². The number of rotatable bonds is 7. The summed E-state index contributed by atoms with van der Waals surface area (Å²) in [4.78, 5) is 42.6. The molecule has 0 unspecified atom stereocenters. The second kappa shape index (κ2) is 10.5. The lowest BCUT2D eigenvalue weighted by Gasteiger charge is -2.16. The van der Waals surface area contributed by atoms with Gasteiger partial charge in [0, 0.05) is 18.6 Å². The van der Waals surface area contributed by atoms with E-state index in [9.17, 15) is 19.7 Å². The first-order valence-corrected chi connectivity index (χ1v) is 11.6. The summed E-state index contributed by atoms with van der Waals surface area (Å²) in [6, 6.07) is 22.6. The Bertz CT molecular complexity index is 1250. The summed E-state index contributed by atoms with van der Waals surface area (Å²) >= 11 is 7.30. The van der Waals surface area contributed by atoms with E-state index in [1.165, 1.54) is 30.0 Å². The Balaban J connectivity index is 1.53. The predicted octanol–water partition coefficient (Wildman–Crippen LogP) is 5.41. The third kappa shape index (κ3) is 5.62. The molecule has 1 aliphatic heterocycles. The summed E-state index contributed by atoms with van der Waals surface area (Å²) in [6.07, 6.45) is -0.137. The van der Waals surface area contributed by atoms with E-state index in [1.54, 1.807) is 4.90 Å². The van der Waals surface area contributed by atoms with Gasteiger partial charge in [-0.1, -0.05) is 71.9 Å². The van der Waals surface area contributed by atoms with E-state index >= 15 is 0 Å². The van der Waals surface area contributed by atoms with Crippen LogP contribution in [0.2, 0.25) is 5.02 Å². The summed E-state index contributed by atoms with van der Waals surface area (Å²) < 4.78 is 0. The number of nitrogens with zero attached hydrogens (tertiary/aromatic N) is 3. The Labute approximate surface area is 204 Å². The number of amidine groups is 1. The molecule has 0 aromatic heterocycles. The monoisotopic (exact) mass is 494 g/mol. The van der Waals surface area contributed by atoms with Crippen LogP contribution in [-0.4, -0.2) is 32.1 Å². The van der Waals surface area contributed by atoms with Gasteiger partial charge in [0.05, 0.1) is 27.9 Å². The highest BCUT2D eigenvalue weighted by molar-refractivity contribution is 8.15. The number of aliphatic imine (C=N–C) groups is 1. The lowest BCUT2D eigenvalue weighted by molar-refractivity contribution is -0.384. The number of carbonyl (C=O) groups is 2. The van der Waals surface area contributed by atoms with Crippen LogP contribution < -0.4 is 5.32 Å². The molecule has 0 radical (unpaired) electrons. The number of para-hydroxylation sites is 1. The van der Waals surface area contributed by atoms with Gasteiger partial charge in [0.15, 0.2) is 5.17 Å². The van der Waals surface area contributed by atoms with Gasteiger partial charge in [0.1, 0.15) is 5.25 Å². The maximum absolute atomic E-state index is 13.2. The van der Waals surface area contributed by atoms with Crippen LogP contribution in [0.1, 0.15) is 12.0 Å². The number of carbonyl (C=O) groups excluding carboxylic acids is 2. The van der Waals surface area contributed by atoms with Crippen molar-refractivity contribution >= 4 is 57.4 Å². The average Bonchev–Trinajstić information content (AvgIpc) is 3.10. The first-order chi connectivity index (χ1) is 16.4. The minimum atomic E-state index is -0.691. The van der Waals surface area contributed by atoms with Crippen molar-refractivity contribution in [3.05, 3.63) is 99.6 Å². The molecule has 0 aliphatic carbocycles. The number of non-ortho nitro benzene ring substituents is 1. The minimum absolute atomic E-state index is 0.121. The second-order valence-corrected chi connectivity index (χ2v) is 9.00. The van der Waals surface area contributed by atoms with Crippen LogP contribution in [-0.2, 0) is 16.1 Å². The van der Waals surface area contributed by atoms with E-state index in [-0.39, 0.29) is 28.7 Å². The van der Waals surface area contributed by atoms with Gasteiger partial charge in [-0.15, -0.1) is 0 Å². The predicted molar refractivity (Wildman–Crippen MR) is 133 cm³/mol. The quantitative estimate of drug-likeness (QED) is 0.349. The van der Waals surface area contributed by atoms with Crippen LogP contribution in [0.5, 0.6) is 0 Å². The molecule has 1 heterocycles. The number of nitro benzene ring substituents is 1. The molecule has 1 aliphatic rings. The van der Waals surface area contributed by atoms with Gasteiger partial charge in [-0.3, -0.25) is 24.6 Å². The van der Waals surface area contributed by atoms with Gasteiger partial charge in [0.25, 0.3) is 5.69 Å². The van der Waals surface area contributed by atoms with E-state index in [0.717, 1.165) is 5.56 Å². The van der Waals surface area contributed by atoms with E-state index in [1.807, 2.05) is 60.7 Å². The SMILES string of the molecule is O=C(C[C@@H]1SC(=Nc2ccccc2)N(Cc2ccccc2)C1=O)Nc1cc([N+](=O)[O-])ccc1Cl. The van der Waals surface area contributed by atoms with Crippen molar-refractivity contribution in [2.24, 2.45) is 4.99 Å². The second-order valence-electron chi connectivity index (χ2n) is 7.42. The molecule has 10 heteroatoms. The molecular formula is C24H19ClN4O4S. The molecule has 3 aromatic carbocycles. The normalized spacial score (nSPS) is 16.6. The lowest BCUT2D eigenvalue weighted by Crippen LogP contribution is -2.33. The molecule has 34 heavy (non-hydrogen) atoms. The molecular weight excluding hydrogens is 476 g/mol. The topological polar surface area (TPSA) is 105 Å². The number of halogens is 1. The minimum Gasteiger partial charge on any atom is -0.325 e. The zero-order chi connectivity index (χ0) is 24.1. The number of nitro groups is 1. The lowest BCUT2D eigenvalue weighted by atomic mass is 10.2. The molecule has 0 bridgehead atoms. The fraction of sp³-hybridized carbons (Fsp3) is 0.125. The maximum Gasteiger partial charge on any atom is 0.271 e. The molecule has 2 amide bonds. The van der Waals surface area contributed by atoms with Gasteiger partial charge >= 0.3 is 0 Å². The Morgan fingerprint density at radius 1 is 1.09 bits per heavy atom. The van der Waals surface area contributed by atoms with Crippen molar-refractivity contribution in [3.8, 4) is 0 Å². The fourth-order valence-corrected chi connectivity index (χ4v) is 4.66. The summed E-state index contributed by atoms with van der Waals surface area (Å²) in [5.74, 6) is -0.710. The van der Waals surface area contributed by atoms with E-state index < -0.39 is 16.1 Å². The molecule has 3 aromatic rings. The third-order valence-corrected chi connectivity index (χ3v) is 6.50. The average molecular weight is 495 g/mol. The number of anilines is 1. The molecule has 4 rings (SSSR count). The third-order valence-electron chi connectivity index (χ3n) is 4.99. The Kier molecular flexibility index (Phi) is 7.24. The van der Waals surface area contributed by atoms with Gasteiger partial charge in [-0.25, -0.2) is 4.99 Å².